The van der Waals surface area contributed by atoms with E-state index in [1.54, 1.807) is 38.1 Å². The first kappa shape index (κ1) is 30.1. The Morgan fingerprint density at radius 3 is 1.74 bits per heavy atom. The number of carbonyl (C=O) groups excluding carboxylic acids is 2. The Balaban J connectivity index is 1.45. The van der Waals surface area contributed by atoms with Crippen molar-refractivity contribution in [2.75, 3.05) is 13.2 Å². The molecule has 0 spiro atoms. The van der Waals surface area contributed by atoms with E-state index in [-0.39, 0.29) is 11.9 Å². The molecule has 7 rings (SSSR count). The van der Waals surface area contributed by atoms with Crippen molar-refractivity contribution in [2.24, 2.45) is 0 Å². The van der Waals surface area contributed by atoms with Crippen molar-refractivity contribution in [1.29, 1.82) is 0 Å². The van der Waals surface area contributed by atoms with E-state index in [2.05, 4.69) is 25.9 Å². The number of halogens is 1. The summed E-state index contributed by atoms with van der Waals surface area (Å²) in [5.74, 6) is -0.709. The Morgan fingerprint density at radius 1 is 0.617 bits per heavy atom. The molecule has 5 aromatic rings. The number of nitrogens with zero attached hydrogens (tertiary/aromatic N) is 2. The van der Waals surface area contributed by atoms with Gasteiger partial charge in [-0.15, -0.1) is 0 Å². The summed E-state index contributed by atoms with van der Waals surface area (Å²) < 4.78 is 11.2. The van der Waals surface area contributed by atoms with Crippen LogP contribution in [-0.2, 0) is 9.47 Å². The summed E-state index contributed by atoms with van der Waals surface area (Å²) in [6.07, 6.45) is 7.94. The van der Waals surface area contributed by atoms with E-state index < -0.39 is 0 Å². The number of nitrogens with one attached hydrogen (secondary N) is 2. The fraction of sp³-hybridized carbons (Fsp3) is 0.105. The molecule has 0 saturated carbocycles. The zero-order chi connectivity index (χ0) is 32.5. The number of aromatic nitrogens is 4. The van der Waals surface area contributed by atoms with Crippen LogP contribution in [0.15, 0.2) is 83.3 Å². The summed E-state index contributed by atoms with van der Waals surface area (Å²) in [5.41, 5.74) is 11.1. The molecule has 2 aromatic carbocycles. The van der Waals surface area contributed by atoms with Crippen molar-refractivity contribution in [2.45, 2.75) is 13.8 Å². The Labute approximate surface area is 279 Å². The Kier molecular flexibility index (Phi) is 8.14. The maximum atomic E-state index is 12.3. The van der Waals surface area contributed by atoms with Gasteiger partial charge >= 0.3 is 11.9 Å². The van der Waals surface area contributed by atoms with Crippen molar-refractivity contribution in [3.05, 3.63) is 117 Å². The molecule has 5 heterocycles. The van der Waals surface area contributed by atoms with E-state index in [0.717, 1.165) is 71.6 Å². The van der Waals surface area contributed by atoms with Crippen LogP contribution in [0.4, 0.5) is 0 Å². The van der Waals surface area contributed by atoms with Gasteiger partial charge in [0.15, 0.2) is 0 Å². The van der Waals surface area contributed by atoms with Gasteiger partial charge in [0.05, 0.1) is 57.1 Å². The van der Waals surface area contributed by atoms with Crippen LogP contribution < -0.4 is 0 Å². The molecule has 0 amide bonds. The van der Waals surface area contributed by atoms with Crippen molar-refractivity contribution in [1.82, 2.24) is 19.9 Å². The van der Waals surface area contributed by atoms with Crippen molar-refractivity contribution in [3.63, 3.8) is 0 Å². The molecule has 3 aromatic heterocycles. The van der Waals surface area contributed by atoms with Crippen LogP contribution in [0.2, 0.25) is 0 Å². The highest BCUT2D eigenvalue weighted by Crippen LogP contribution is 2.34. The quantitative estimate of drug-likeness (QED) is 0.169. The molecule has 47 heavy (non-hydrogen) atoms. The predicted octanol–water partition coefficient (Wildman–Crippen LogP) is 9.11. The van der Waals surface area contributed by atoms with Gasteiger partial charge in [0.2, 0.25) is 0 Å². The number of benzene rings is 2. The lowest BCUT2D eigenvalue weighted by molar-refractivity contribution is 0.0517. The minimum absolute atomic E-state index is 0.316. The van der Waals surface area contributed by atoms with Crippen LogP contribution in [0.5, 0.6) is 0 Å². The second-order valence-corrected chi connectivity index (χ2v) is 11.7. The molecule has 0 radical (unpaired) electrons. The molecule has 0 saturated heterocycles. The van der Waals surface area contributed by atoms with E-state index in [4.69, 9.17) is 19.4 Å². The van der Waals surface area contributed by atoms with E-state index in [1.165, 1.54) is 0 Å². The fourth-order valence-corrected chi connectivity index (χ4v) is 6.14. The normalized spacial score (nSPS) is 11.9. The Hall–Kier alpha value is -5.54. The number of rotatable bonds is 6. The lowest BCUT2D eigenvalue weighted by Crippen LogP contribution is -2.04. The van der Waals surface area contributed by atoms with E-state index in [1.807, 2.05) is 78.9 Å². The van der Waals surface area contributed by atoms with Crippen LogP contribution in [0.3, 0.4) is 0 Å². The second-order valence-electron chi connectivity index (χ2n) is 10.9. The van der Waals surface area contributed by atoms with Gasteiger partial charge in [0.1, 0.15) is 0 Å². The zero-order valence-corrected chi connectivity index (χ0v) is 27.2. The highest BCUT2D eigenvalue weighted by atomic mass is 79.9. The van der Waals surface area contributed by atoms with Crippen LogP contribution in [0.1, 0.15) is 57.3 Å². The predicted molar refractivity (Wildman–Crippen MR) is 189 cm³/mol. The summed E-state index contributed by atoms with van der Waals surface area (Å²) >= 11 is 3.80. The molecule has 2 aliphatic heterocycles. The molecule has 2 aliphatic rings. The zero-order valence-electron chi connectivity index (χ0n) is 25.6. The summed E-state index contributed by atoms with van der Waals surface area (Å²) in [5, 5.41) is 0. The molecular weight excluding hydrogens is 656 g/mol. The third-order valence-electron chi connectivity index (χ3n) is 7.88. The number of aromatic amines is 2. The lowest BCUT2D eigenvalue weighted by Gasteiger charge is -2.06. The lowest BCUT2D eigenvalue weighted by atomic mass is 10.0. The van der Waals surface area contributed by atoms with Gasteiger partial charge in [-0.25, -0.2) is 19.6 Å². The second kappa shape index (κ2) is 12.7. The molecule has 0 atom stereocenters. The van der Waals surface area contributed by atoms with Crippen molar-refractivity contribution in [3.8, 4) is 22.3 Å². The van der Waals surface area contributed by atoms with E-state index in [0.29, 0.717) is 24.3 Å². The minimum Gasteiger partial charge on any atom is -0.462 e. The van der Waals surface area contributed by atoms with Gasteiger partial charge in [-0.05, 0) is 120 Å². The SMILES string of the molecule is CCOC(=O)c1ccc(-c2c3nc(c(Br)c4ccc([nH]4)c(-c4ccc(C(=O)OCC)cc4)c4nc(cc5ccc2[nH]5)C=C4)C=C3)cc1. The molecule has 8 nitrogen and oxygen atoms in total. The monoisotopic (exact) mass is 684 g/mol. The third-order valence-corrected chi connectivity index (χ3v) is 8.71. The highest BCUT2D eigenvalue weighted by Gasteiger charge is 2.16. The molecule has 0 fully saturated rings. The largest absolute Gasteiger partial charge is 0.462 e. The number of ether oxygens (including phenoxy) is 2. The van der Waals surface area contributed by atoms with Gasteiger partial charge in [-0.2, -0.15) is 0 Å². The standard InChI is InChI=1S/C38H29BrN4O4/c1-3-46-37(44)24-9-5-22(6-10-24)34-28-15-13-26(40-28)21-27-14-16-29(41-27)35(23-7-11-25(12-8-23)38(45)47-4-2)31-18-20-33(43-31)36(39)32-19-17-30(34)42-32/h5-21,40,43H,3-4H2,1-2H3. The van der Waals surface area contributed by atoms with Crippen molar-refractivity contribution >= 4 is 74.2 Å². The first-order chi connectivity index (χ1) is 22.9. The number of hydrogen-bond donors (Lipinski definition) is 2. The topological polar surface area (TPSA) is 110 Å². The molecule has 0 unspecified atom stereocenters. The van der Waals surface area contributed by atoms with E-state index in [9.17, 15) is 9.59 Å². The molecule has 9 heteroatoms. The first-order valence-electron chi connectivity index (χ1n) is 15.3. The average Bonchev–Trinajstić information content (AvgIpc) is 3.91. The van der Waals surface area contributed by atoms with Crippen LogP contribution in [0.25, 0.3) is 68.6 Å². The fourth-order valence-electron chi connectivity index (χ4n) is 5.69. The summed E-state index contributed by atoms with van der Waals surface area (Å²) in [6.45, 7) is 4.21. The Bertz CT molecular complexity index is 2200. The van der Waals surface area contributed by atoms with Crippen molar-refractivity contribution < 1.29 is 19.1 Å². The highest BCUT2D eigenvalue weighted by molar-refractivity contribution is 9.10. The number of H-pyrrole nitrogens is 2. The molecule has 2 N–H and O–H groups in total. The summed E-state index contributed by atoms with van der Waals surface area (Å²) in [7, 11) is 0. The summed E-state index contributed by atoms with van der Waals surface area (Å²) in [6, 6.07) is 24.8. The molecule has 0 aliphatic carbocycles. The number of esters is 2. The first-order valence-corrected chi connectivity index (χ1v) is 16.0. The minimum atomic E-state index is -0.355. The van der Waals surface area contributed by atoms with Gasteiger partial charge in [0.25, 0.3) is 0 Å². The average molecular weight is 686 g/mol. The van der Waals surface area contributed by atoms with Gasteiger partial charge in [0, 0.05) is 27.7 Å². The molecular formula is C38H29BrN4O4. The number of fused-ring (bicyclic) bond motifs is 8. The number of hydrogen-bond acceptors (Lipinski definition) is 6. The Morgan fingerprint density at radius 2 is 1.13 bits per heavy atom. The van der Waals surface area contributed by atoms with Gasteiger partial charge in [-0.3, -0.25) is 0 Å². The van der Waals surface area contributed by atoms with Crippen LogP contribution >= 0.6 is 15.9 Å². The molecule has 8 bridgehead atoms. The third kappa shape index (κ3) is 5.93. The van der Waals surface area contributed by atoms with Gasteiger partial charge < -0.3 is 19.4 Å². The smallest absolute Gasteiger partial charge is 0.338 e. The molecule has 232 valence electrons. The van der Waals surface area contributed by atoms with Gasteiger partial charge in [-0.1, -0.05) is 24.3 Å². The number of carbonyl (C=O) groups is 2. The maximum absolute atomic E-state index is 12.3. The van der Waals surface area contributed by atoms with E-state index >= 15 is 0 Å². The summed E-state index contributed by atoms with van der Waals surface area (Å²) in [4.78, 5) is 41.8. The van der Waals surface area contributed by atoms with Crippen LogP contribution in [-0.4, -0.2) is 45.1 Å². The van der Waals surface area contributed by atoms with Crippen LogP contribution in [0, 0.1) is 0 Å². The maximum Gasteiger partial charge on any atom is 0.338 e.